The van der Waals surface area contributed by atoms with Crippen molar-refractivity contribution in [2.24, 2.45) is 4.99 Å². The van der Waals surface area contributed by atoms with E-state index in [1.54, 1.807) is 0 Å². The lowest BCUT2D eigenvalue weighted by Crippen LogP contribution is -2.39. The van der Waals surface area contributed by atoms with Gasteiger partial charge >= 0.3 is 0 Å². The van der Waals surface area contributed by atoms with E-state index >= 15 is 0 Å². The Bertz CT molecular complexity index is 766. The Balaban J connectivity index is 0.00000300. The fourth-order valence-electron chi connectivity index (χ4n) is 3.55. The SMILES string of the molecule is CN=C(NCc1cccc(OCCN(C)C)c1)N1CCC(c2ccccc2)C1.I. The number of nitrogens with zero attached hydrogens (tertiary/aromatic N) is 3. The van der Waals surface area contributed by atoms with Gasteiger partial charge < -0.3 is 19.9 Å². The smallest absolute Gasteiger partial charge is 0.193 e. The van der Waals surface area contributed by atoms with Gasteiger partial charge in [0.15, 0.2) is 5.96 Å². The summed E-state index contributed by atoms with van der Waals surface area (Å²) in [5, 5.41) is 3.51. The molecule has 0 amide bonds. The number of likely N-dealkylation sites (tertiary alicyclic amines) is 1. The van der Waals surface area contributed by atoms with Crippen LogP contribution < -0.4 is 10.1 Å². The molecule has 1 N–H and O–H groups in total. The molecule has 0 spiro atoms. The maximum atomic E-state index is 5.84. The van der Waals surface area contributed by atoms with Gasteiger partial charge in [0.2, 0.25) is 0 Å². The highest BCUT2D eigenvalue weighted by atomic mass is 127. The van der Waals surface area contributed by atoms with Crippen LogP contribution in [0.25, 0.3) is 0 Å². The summed E-state index contributed by atoms with van der Waals surface area (Å²) in [7, 11) is 5.96. The highest BCUT2D eigenvalue weighted by Gasteiger charge is 2.25. The third-order valence-corrected chi connectivity index (χ3v) is 5.13. The van der Waals surface area contributed by atoms with Crippen molar-refractivity contribution >= 4 is 29.9 Å². The van der Waals surface area contributed by atoms with Crippen molar-refractivity contribution in [3.63, 3.8) is 0 Å². The van der Waals surface area contributed by atoms with Crippen LogP contribution in [0, 0.1) is 0 Å². The summed E-state index contributed by atoms with van der Waals surface area (Å²) in [6.45, 7) is 4.39. The van der Waals surface area contributed by atoms with E-state index in [1.165, 1.54) is 17.5 Å². The largest absolute Gasteiger partial charge is 0.492 e. The summed E-state index contributed by atoms with van der Waals surface area (Å²) < 4.78 is 5.84. The number of ether oxygens (including phenoxy) is 1. The zero-order valence-electron chi connectivity index (χ0n) is 17.7. The van der Waals surface area contributed by atoms with E-state index in [9.17, 15) is 0 Å². The summed E-state index contributed by atoms with van der Waals surface area (Å²) in [6, 6.07) is 19.1. The second-order valence-corrected chi connectivity index (χ2v) is 7.54. The molecule has 1 atom stereocenters. The van der Waals surface area contributed by atoms with Crippen LogP contribution in [0.15, 0.2) is 59.6 Å². The molecule has 0 saturated carbocycles. The van der Waals surface area contributed by atoms with E-state index in [-0.39, 0.29) is 24.0 Å². The Kier molecular flexibility index (Phi) is 9.73. The average Bonchev–Trinajstić information content (AvgIpc) is 3.19. The number of hydrogen-bond donors (Lipinski definition) is 1. The molecule has 3 rings (SSSR count). The molecule has 1 fully saturated rings. The van der Waals surface area contributed by atoms with E-state index in [2.05, 4.69) is 76.7 Å². The van der Waals surface area contributed by atoms with E-state index < -0.39 is 0 Å². The molecule has 1 aliphatic heterocycles. The standard InChI is InChI=1S/C23H32N4O.HI/c1-24-23(27-13-12-21(18-27)20-9-5-4-6-10-20)25-17-19-8-7-11-22(16-19)28-15-14-26(2)3;/h4-11,16,21H,12-15,17-18H2,1-3H3,(H,24,25);1H. The fourth-order valence-corrected chi connectivity index (χ4v) is 3.55. The van der Waals surface area contributed by atoms with Crippen molar-refractivity contribution in [1.82, 2.24) is 15.1 Å². The number of halogens is 1. The van der Waals surface area contributed by atoms with E-state index in [0.29, 0.717) is 12.5 Å². The summed E-state index contributed by atoms with van der Waals surface area (Å²) in [6.07, 6.45) is 1.17. The molecule has 2 aromatic carbocycles. The lowest BCUT2D eigenvalue weighted by atomic mass is 9.99. The number of nitrogens with one attached hydrogen (secondary N) is 1. The summed E-state index contributed by atoms with van der Waals surface area (Å²) >= 11 is 0. The van der Waals surface area contributed by atoms with Gasteiger partial charge in [0.1, 0.15) is 12.4 Å². The van der Waals surface area contributed by atoms with Crippen LogP contribution >= 0.6 is 24.0 Å². The molecule has 6 heteroatoms. The molecule has 29 heavy (non-hydrogen) atoms. The first-order chi connectivity index (χ1) is 13.7. The Morgan fingerprint density at radius 1 is 1.17 bits per heavy atom. The second kappa shape index (κ2) is 12.0. The van der Waals surface area contributed by atoms with E-state index in [1.807, 2.05) is 19.2 Å². The van der Waals surface area contributed by atoms with Crippen LogP contribution in [-0.2, 0) is 6.54 Å². The van der Waals surface area contributed by atoms with Crippen molar-refractivity contribution in [2.45, 2.75) is 18.9 Å². The Labute approximate surface area is 192 Å². The minimum Gasteiger partial charge on any atom is -0.492 e. The van der Waals surface area contributed by atoms with Crippen LogP contribution in [0.1, 0.15) is 23.5 Å². The number of hydrogen-bond acceptors (Lipinski definition) is 3. The summed E-state index contributed by atoms with van der Waals surface area (Å²) in [4.78, 5) is 8.97. The quantitative estimate of drug-likeness (QED) is 0.351. The van der Waals surface area contributed by atoms with Gasteiger partial charge in [-0.05, 0) is 43.8 Å². The number of benzene rings is 2. The van der Waals surface area contributed by atoms with Crippen molar-refractivity contribution in [3.05, 3.63) is 65.7 Å². The predicted molar refractivity (Wildman–Crippen MR) is 131 cm³/mol. The lowest BCUT2D eigenvalue weighted by Gasteiger charge is -2.22. The molecule has 1 aliphatic rings. The van der Waals surface area contributed by atoms with Gasteiger partial charge in [0, 0.05) is 39.1 Å². The highest BCUT2D eigenvalue weighted by Crippen LogP contribution is 2.26. The molecule has 1 saturated heterocycles. The zero-order valence-corrected chi connectivity index (χ0v) is 20.0. The third-order valence-electron chi connectivity index (χ3n) is 5.13. The molecule has 0 aromatic heterocycles. The van der Waals surface area contributed by atoms with Crippen LogP contribution in [0.3, 0.4) is 0 Å². The van der Waals surface area contributed by atoms with Gasteiger partial charge in [-0.15, -0.1) is 24.0 Å². The van der Waals surface area contributed by atoms with Crippen molar-refractivity contribution in [1.29, 1.82) is 0 Å². The number of guanidine groups is 1. The normalized spacial score (nSPS) is 16.6. The summed E-state index contributed by atoms with van der Waals surface area (Å²) in [5.41, 5.74) is 2.62. The monoisotopic (exact) mass is 508 g/mol. The Hall–Kier alpha value is -1.80. The first kappa shape index (κ1) is 23.5. The number of rotatable bonds is 7. The minimum absolute atomic E-state index is 0. The highest BCUT2D eigenvalue weighted by molar-refractivity contribution is 14.0. The van der Waals surface area contributed by atoms with Gasteiger partial charge in [-0.25, -0.2) is 0 Å². The van der Waals surface area contributed by atoms with Crippen LogP contribution in [-0.4, -0.2) is 63.1 Å². The van der Waals surface area contributed by atoms with Gasteiger partial charge in [0.25, 0.3) is 0 Å². The van der Waals surface area contributed by atoms with Crippen LogP contribution in [0.2, 0.25) is 0 Å². The van der Waals surface area contributed by atoms with E-state index in [4.69, 9.17) is 4.74 Å². The minimum atomic E-state index is 0. The number of likely N-dealkylation sites (N-methyl/N-ethyl adjacent to an activating group) is 1. The molecular formula is C23H33IN4O. The molecule has 1 unspecified atom stereocenters. The predicted octanol–water partition coefficient (Wildman–Crippen LogP) is 3.81. The maximum Gasteiger partial charge on any atom is 0.193 e. The molecule has 2 aromatic rings. The maximum absolute atomic E-state index is 5.84. The molecule has 0 radical (unpaired) electrons. The van der Waals surface area contributed by atoms with E-state index in [0.717, 1.165) is 37.9 Å². The van der Waals surface area contributed by atoms with Gasteiger partial charge in [0.05, 0.1) is 0 Å². The summed E-state index contributed by atoms with van der Waals surface area (Å²) in [5.74, 6) is 2.46. The van der Waals surface area contributed by atoms with Gasteiger partial charge in [-0.3, -0.25) is 4.99 Å². The fraction of sp³-hybridized carbons (Fsp3) is 0.435. The van der Waals surface area contributed by atoms with Crippen molar-refractivity contribution < 1.29 is 4.74 Å². The van der Waals surface area contributed by atoms with Gasteiger partial charge in [-0.2, -0.15) is 0 Å². The first-order valence-electron chi connectivity index (χ1n) is 10.0. The topological polar surface area (TPSA) is 40.1 Å². The lowest BCUT2D eigenvalue weighted by molar-refractivity contribution is 0.261. The van der Waals surface area contributed by atoms with Crippen molar-refractivity contribution in [2.75, 3.05) is 47.4 Å². The van der Waals surface area contributed by atoms with Crippen LogP contribution in [0.4, 0.5) is 0 Å². The molecule has 1 heterocycles. The van der Waals surface area contributed by atoms with Crippen LogP contribution in [0.5, 0.6) is 5.75 Å². The molecule has 158 valence electrons. The third kappa shape index (κ3) is 7.19. The average molecular weight is 508 g/mol. The molecular weight excluding hydrogens is 475 g/mol. The number of aliphatic imine (C=N–C) groups is 1. The molecule has 5 nitrogen and oxygen atoms in total. The Morgan fingerprint density at radius 3 is 2.69 bits per heavy atom. The zero-order chi connectivity index (χ0) is 19.8. The van der Waals surface area contributed by atoms with Gasteiger partial charge in [-0.1, -0.05) is 42.5 Å². The Morgan fingerprint density at radius 2 is 1.97 bits per heavy atom. The first-order valence-corrected chi connectivity index (χ1v) is 10.0. The van der Waals surface area contributed by atoms with Crippen molar-refractivity contribution in [3.8, 4) is 5.75 Å². The second-order valence-electron chi connectivity index (χ2n) is 7.54. The molecule has 0 aliphatic carbocycles. The molecule has 0 bridgehead atoms.